The molecule has 0 aromatic carbocycles. The van der Waals surface area contributed by atoms with Crippen LogP contribution in [-0.2, 0) is 15.6 Å². The minimum Gasteiger partial charge on any atom is -0.354 e. The van der Waals surface area contributed by atoms with E-state index in [2.05, 4.69) is 15.6 Å². The smallest absolute Gasteiger partial charge is 0.243 e. The molecule has 0 bridgehead atoms. The monoisotopic (exact) mass is 384 g/mol. The molecule has 0 aromatic rings. The Kier molecular flexibility index (Phi) is 8.88. The summed E-state index contributed by atoms with van der Waals surface area (Å²) >= 11 is 0. The molecule has 0 saturated heterocycles. The lowest BCUT2D eigenvalue weighted by Gasteiger charge is -2.32. The number of guanidine groups is 1. The van der Waals surface area contributed by atoms with Crippen molar-refractivity contribution in [2.75, 3.05) is 26.4 Å². The minimum atomic E-state index is -0.734. The molecule has 0 spiro atoms. The second-order valence-corrected chi connectivity index (χ2v) is 9.74. The third-order valence-corrected chi connectivity index (χ3v) is 7.18. The second kappa shape index (κ2) is 10.9. The van der Waals surface area contributed by atoms with Gasteiger partial charge in [0.05, 0.1) is 0 Å². The summed E-state index contributed by atoms with van der Waals surface area (Å²) in [5.41, 5.74) is 0. The minimum absolute atomic E-state index is 0.00310. The molecule has 0 radical (unpaired) electrons. The molecule has 1 amide bonds. The van der Waals surface area contributed by atoms with Crippen molar-refractivity contribution in [1.29, 1.82) is 0 Å². The van der Waals surface area contributed by atoms with Gasteiger partial charge in [0.1, 0.15) is 6.54 Å². The third-order valence-electron chi connectivity index (χ3n) is 5.44. The molecule has 26 heavy (non-hydrogen) atoms. The summed E-state index contributed by atoms with van der Waals surface area (Å²) in [4.78, 5) is 18.1. The molecule has 0 heterocycles. The Balaban J connectivity index is 1.98. The van der Waals surface area contributed by atoms with Crippen molar-refractivity contribution in [2.45, 2.75) is 82.0 Å². The lowest BCUT2D eigenvalue weighted by atomic mass is 9.94. The van der Waals surface area contributed by atoms with Crippen LogP contribution in [0.2, 0.25) is 0 Å². The molecule has 2 saturated carbocycles. The van der Waals surface area contributed by atoms with Gasteiger partial charge in [-0.25, -0.2) is 4.99 Å². The van der Waals surface area contributed by atoms with E-state index in [1.54, 1.807) is 19.0 Å². The Hall–Kier alpha value is -1.11. The first-order chi connectivity index (χ1) is 12.5. The fourth-order valence-electron chi connectivity index (χ4n) is 3.81. The summed E-state index contributed by atoms with van der Waals surface area (Å²) in [5.74, 6) is 1.49. The van der Waals surface area contributed by atoms with Gasteiger partial charge < -0.3 is 15.5 Å². The molecule has 3 atom stereocenters. The van der Waals surface area contributed by atoms with Crippen LogP contribution in [0.15, 0.2) is 4.99 Å². The van der Waals surface area contributed by atoms with Crippen LogP contribution in [0, 0.1) is 0 Å². The zero-order valence-electron chi connectivity index (χ0n) is 16.6. The number of rotatable bonds is 6. The normalized spacial score (nSPS) is 26.2. The molecule has 2 fully saturated rings. The van der Waals surface area contributed by atoms with E-state index in [0.717, 1.165) is 50.2 Å². The zero-order valence-corrected chi connectivity index (χ0v) is 17.4. The summed E-state index contributed by atoms with van der Waals surface area (Å²) in [6.07, 6.45) is 10.3. The van der Waals surface area contributed by atoms with Gasteiger partial charge in [0, 0.05) is 48.0 Å². The number of nitrogens with one attached hydrogen (secondary N) is 2. The first-order valence-corrected chi connectivity index (χ1v) is 11.5. The maximum absolute atomic E-state index is 12.2. The van der Waals surface area contributed by atoms with Crippen LogP contribution in [0.3, 0.4) is 0 Å². The number of hydrogen-bond donors (Lipinski definition) is 2. The second-order valence-electron chi connectivity index (χ2n) is 7.73. The van der Waals surface area contributed by atoms with E-state index in [-0.39, 0.29) is 23.7 Å². The van der Waals surface area contributed by atoms with Crippen LogP contribution in [-0.4, -0.2) is 64.7 Å². The topological polar surface area (TPSA) is 73.8 Å². The molecule has 0 aliphatic heterocycles. The highest BCUT2D eigenvalue weighted by Gasteiger charge is 2.26. The maximum atomic E-state index is 12.2. The predicted octanol–water partition coefficient (Wildman–Crippen LogP) is 2.02. The van der Waals surface area contributed by atoms with Gasteiger partial charge in [0.2, 0.25) is 5.91 Å². The first-order valence-electron chi connectivity index (χ1n) is 10.1. The number of nitrogens with zero attached hydrogens (tertiary/aromatic N) is 2. The van der Waals surface area contributed by atoms with Crippen molar-refractivity contribution in [1.82, 2.24) is 15.5 Å². The summed E-state index contributed by atoms with van der Waals surface area (Å²) < 4.78 is 12.2. The third kappa shape index (κ3) is 6.89. The molecule has 2 aliphatic rings. The van der Waals surface area contributed by atoms with E-state index >= 15 is 0 Å². The van der Waals surface area contributed by atoms with E-state index in [0.29, 0.717) is 6.04 Å². The summed E-state index contributed by atoms with van der Waals surface area (Å²) in [7, 11) is 2.78. The van der Waals surface area contributed by atoms with Gasteiger partial charge in [-0.3, -0.25) is 9.00 Å². The molecule has 7 heteroatoms. The zero-order chi connectivity index (χ0) is 18.9. The fourth-order valence-corrected chi connectivity index (χ4v) is 5.15. The van der Waals surface area contributed by atoms with Crippen molar-refractivity contribution in [2.24, 2.45) is 4.99 Å². The van der Waals surface area contributed by atoms with Crippen LogP contribution in [0.4, 0.5) is 0 Å². The lowest BCUT2D eigenvalue weighted by molar-refractivity contribution is -0.127. The van der Waals surface area contributed by atoms with Gasteiger partial charge in [0.15, 0.2) is 5.96 Å². The van der Waals surface area contributed by atoms with Crippen LogP contribution < -0.4 is 10.6 Å². The Bertz CT molecular complexity index is 504. The summed E-state index contributed by atoms with van der Waals surface area (Å²) in [6, 6.07) is 0.724. The van der Waals surface area contributed by atoms with Crippen LogP contribution in [0.1, 0.15) is 64.7 Å². The molecular weight excluding hydrogens is 348 g/mol. The van der Waals surface area contributed by atoms with E-state index in [4.69, 9.17) is 0 Å². The van der Waals surface area contributed by atoms with E-state index in [9.17, 15) is 9.00 Å². The Labute approximate surface area is 161 Å². The summed E-state index contributed by atoms with van der Waals surface area (Å²) in [5, 5.41) is 7.37. The van der Waals surface area contributed by atoms with Gasteiger partial charge in [0.25, 0.3) is 0 Å². The van der Waals surface area contributed by atoms with Crippen molar-refractivity contribution < 1.29 is 9.00 Å². The van der Waals surface area contributed by atoms with E-state index in [1.165, 1.54) is 19.3 Å². The van der Waals surface area contributed by atoms with Gasteiger partial charge in [-0.1, -0.05) is 32.6 Å². The molecular formula is C19H36N4O2S. The van der Waals surface area contributed by atoms with Gasteiger partial charge in [-0.05, 0) is 32.1 Å². The van der Waals surface area contributed by atoms with Crippen molar-refractivity contribution in [3.8, 4) is 0 Å². The van der Waals surface area contributed by atoms with Gasteiger partial charge >= 0.3 is 0 Å². The number of carbonyl (C=O) groups excluding carboxylic acids is 1. The molecule has 6 nitrogen and oxygen atoms in total. The predicted molar refractivity (Wildman–Crippen MR) is 109 cm³/mol. The molecule has 2 N–H and O–H groups in total. The highest BCUT2D eigenvalue weighted by Crippen LogP contribution is 2.23. The number of carbonyl (C=O) groups is 1. The Morgan fingerprint density at radius 2 is 1.69 bits per heavy atom. The number of likely N-dealkylation sites (N-methyl/N-ethyl adjacent to an activating group) is 1. The largest absolute Gasteiger partial charge is 0.354 e. The van der Waals surface area contributed by atoms with Crippen molar-refractivity contribution >= 4 is 22.7 Å². The van der Waals surface area contributed by atoms with Gasteiger partial charge in [-0.2, -0.15) is 0 Å². The molecule has 2 rings (SSSR count). The molecule has 0 aromatic heterocycles. The number of aliphatic imine (C=N–C) groups is 1. The average Bonchev–Trinajstić information content (AvgIpc) is 2.66. The van der Waals surface area contributed by atoms with Crippen molar-refractivity contribution in [3.05, 3.63) is 0 Å². The SMILES string of the molecule is CCS(=O)C1CCCC(NC(=NCC(=O)N(C)C)NC2CCCCC2)C1. The van der Waals surface area contributed by atoms with Gasteiger partial charge in [-0.15, -0.1) is 0 Å². The number of hydrogen-bond acceptors (Lipinski definition) is 3. The van der Waals surface area contributed by atoms with Crippen LogP contribution in [0.25, 0.3) is 0 Å². The Morgan fingerprint density at radius 1 is 1.04 bits per heavy atom. The van der Waals surface area contributed by atoms with Crippen LogP contribution >= 0.6 is 0 Å². The summed E-state index contributed by atoms with van der Waals surface area (Å²) in [6.45, 7) is 2.16. The lowest BCUT2D eigenvalue weighted by Crippen LogP contribution is -2.50. The average molecular weight is 385 g/mol. The van der Waals surface area contributed by atoms with E-state index < -0.39 is 10.8 Å². The molecule has 3 unspecified atom stereocenters. The highest BCUT2D eigenvalue weighted by molar-refractivity contribution is 7.85. The quantitative estimate of drug-likeness (QED) is 0.543. The van der Waals surface area contributed by atoms with Crippen molar-refractivity contribution in [3.63, 3.8) is 0 Å². The first kappa shape index (κ1) is 21.2. The van der Waals surface area contributed by atoms with Crippen LogP contribution in [0.5, 0.6) is 0 Å². The highest BCUT2D eigenvalue weighted by atomic mass is 32.2. The van der Waals surface area contributed by atoms with E-state index in [1.807, 2.05) is 6.92 Å². The maximum Gasteiger partial charge on any atom is 0.243 e. The standard InChI is InChI=1S/C19H36N4O2S/c1-4-26(25)17-12-8-11-16(13-17)22-19(20-14-18(24)23(2)3)21-15-9-6-5-7-10-15/h15-17H,4-14H2,1-3H3,(H2,20,21,22). The number of amides is 1. The fraction of sp³-hybridized carbons (Fsp3) is 0.895. The molecule has 2 aliphatic carbocycles. The Morgan fingerprint density at radius 3 is 2.35 bits per heavy atom. The molecule has 150 valence electrons.